The molecule has 2 heteroatoms. The van der Waals surface area contributed by atoms with Crippen LogP contribution in [0.2, 0.25) is 0 Å². The Morgan fingerprint density at radius 1 is 1.35 bits per heavy atom. The van der Waals surface area contributed by atoms with Gasteiger partial charge in [0.1, 0.15) is 0 Å². The highest BCUT2D eigenvalue weighted by Gasteiger charge is 2.27. The first kappa shape index (κ1) is 15.0. The average molecular weight is 240 g/mol. The minimum absolute atomic E-state index is 0.560. The van der Waals surface area contributed by atoms with Crippen LogP contribution in [0.25, 0.3) is 0 Å². The molecule has 1 unspecified atom stereocenters. The van der Waals surface area contributed by atoms with Crippen molar-refractivity contribution in [2.24, 2.45) is 5.41 Å². The quantitative estimate of drug-likeness (QED) is 0.717. The first-order chi connectivity index (χ1) is 7.91. The smallest absolute Gasteiger partial charge is 0.00721 e. The van der Waals surface area contributed by atoms with E-state index in [4.69, 9.17) is 0 Å². The molecule has 1 aliphatic rings. The number of nitrogens with one attached hydrogen (secondary N) is 1. The number of rotatable bonds is 6. The van der Waals surface area contributed by atoms with E-state index in [0.29, 0.717) is 11.5 Å². The molecule has 17 heavy (non-hydrogen) atoms. The van der Waals surface area contributed by atoms with Gasteiger partial charge in [-0.1, -0.05) is 20.3 Å². The third-order valence-electron chi connectivity index (χ3n) is 4.21. The molecule has 1 aliphatic carbocycles. The highest BCUT2D eigenvalue weighted by molar-refractivity contribution is 4.83. The van der Waals surface area contributed by atoms with Crippen molar-refractivity contribution in [2.75, 3.05) is 20.1 Å². The Bertz CT molecular complexity index is 211. The molecule has 1 saturated carbocycles. The fourth-order valence-electron chi connectivity index (χ4n) is 2.77. The van der Waals surface area contributed by atoms with Gasteiger partial charge in [-0.25, -0.2) is 0 Å². The third kappa shape index (κ3) is 5.87. The summed E-state index contributed by atoms with van der Waals surface area (Å²) in [5.74, 6) is 0. The Hall–Kier alpha value is -0.0800. The van der Waals surface area contributed by atoms with Crippen molar-refractivity contribution in [1.82, 2.24) is 10.2 Å². The van der Waals surface area contributed by atoms with Gasteiger partial charge in [0.15, 0.2) is 0 Å². The van der Waals surface area contributed by atoms with Crippen molar-refractivity contribution in [3.8, 4) is 0 Å². The predicted molar refractivity (Wildman–Crippen MR) is 76.4 cm³/mol. The van der Waals surface area contributed by atoms with Gasteiger partial charge in [0.05, 0.1) is 0 Å². The van der Waals surface area contributed by atoms with Gasteiger partial charge in [0.2, 0.25) is 0 Å². The summed E-state index contributed by atoms with van der Waals surface area (Å²) < 4.78 is 0. The van der Waals surface area contributed by atoms with Crippen LogP contribution in [0.15, 0.2) is 0 Å². The molecule has 0 aromatic carbocycles. The van der Waals surface area contributed by atoms with Crippen molar-refractivity contribution in [1.29, 1.82) is 0 Å². The SMILES string of the molecule is CC(C)N(C)CCCNC1CCCC(C)(C)C1. The zero-order valence-electron chi connectivity index (χ0n) is 12.6. The van der Waals surface area contributed by atoms with Gasteiger partial charge in [-0.15, -0.1) is 0 Å². The maximum atomic E-state index is 3.74. The van der Waals surface area contributed by atoms with E-state index >= 15 is 0 Å². The monoisotopic (exact) mass is 240 g/mol. The molecule has 0 aromatic rings. The zero-order chi connectivity index (χ0) is 12.9. The lowest BCUT2D eigenvalue weighted by Gasteiger charge is -2.35. The minimum atomic E-state index is 0.560. The molecule has 0 bridgehead atoms. The second kappa shape index (κ2) is 6.75. The summed E-state index contributed by atoms with van der Waals surface area (Å²) in [6, 6.07) is 1.44. The molecular weight excluding hydrogens is 208 g/mol. The molecule has 1 atom stereocenters. The molecule has 0 heterocycles. The Labute approximate surface area is 108 Å². The lowest BCUT2D eigenvalue weighted by Crippen LogP contribution is -2.38. The molecule has 0 saturated heterocycles. The van der Waals surface area contributed by atoms with Crippen LogP contribution in [0, 0.1) is 5.41 Å². The van der Waals surface area contributed by atoms with Gasteiger partial charge in [-0.05, 0) is 65.1 Å². The van der Waals surface area contributed by atoms with E-state index in [9.17, 15) is 0 Å². The van der Waals surface area contributed by atoms with Gasteiger partial charge in [0, 0.05) is 12.1 Å². The first-order valence-corrected chi connectivity index (χ1v) is 7.34. The summed E-state index contributed by atoms with van der Waals surface area (Å²) in [6.07, 6.45) is 6.81. The molecule has 0 aromatic heterocycles. The fraction of sp³-hybridized carbons (Fsp3) is 1.00. The van der Waals surface area contributed by atoms with Gasteiger partial charge in [-0.3, -0.25) is 0 Å². The number of hydrogen-bond donors (Lipinski definition) is 1. The van der Waals surface area contributed by atoms with Crippen LogP contribution in [-0.2, 0) is 0 Å². The Balaban J connectivity index is 2.10. The normalized spacial score (nSPS) is 24.5. The van der Waals surface area contributed by atoms with Gasteiger partial charge >= 0.3 is 0 Å². The van der Waals surface area contributed by atoms with E-state index in [1.807, 2.05) is 0 Å². The highest BCUT2D eigenvalue weighted by Crippen LogP contribution is 2.34. The van der Waals surface area contributed by atoms with E-state index in [1.54, 1.807) is 0 Å². The van der Waals surface area contributed by atoms with Crippen molar-refractivity contribution in [2.45, 2.75) is 71.9 Å². The van der Waals surface area contributed by atoms with Crippen LogP contribution >= 0.6 is 0 Å². The molecule has 102 valence electrons. The van der Waals surface area contributed by atoms with Crippen LogP contribution in [0.5, 0.6) is 0 Å². The largest absolute Gasteiger partial charge is 0.314 e. The fourth-order valence-corrected chi connectivity index (χ4v) is 2.77. The van der Waals surface area contributed by atoms with E-state index < -0.39 is 0 Å². The maximum absolute atomic E-state index is 3.74. The molecule has 0 spiro atoms. The van der Waals surface area contributed by atoms with Gasteiger partial charge in [0.25, 0.3) is 0 Å². The molecule has 1 N–H and O–H groups in total. The summed E-state index contributed by atoms with van der Waals surface area (Å²) in [5, 5.41) is 3.74. The molecule has 0 amide bonds. The van der Waals surface area contributed by atoms with Crippen LogP contribution < -0.4 is 5.32 Å². The molecule has 1 fully saturated rings. The minimum Gasteiger partial charge on any atom is -0.314 e. The van der Waals surface area contributed by atoms with Crippen LogP contribution in [-0.4, -0.2) is 37.1 Å². The topological polar surface area (TPSA) is 15.3 Å². The average Bonchev–Trinajstić information content (AvgIpc) is 2.22. The summed E-state index contributed by atoms with van der Waals surface area (Å²) in [6.45, 7) is 11.7. The summed E-state index contributed by atoms with van der Waals surface area (Å²) >= 11 is 0. The molecular formula is C15H32N2. The molecule has 1 rings (SSSR count). The Morgan fingerprint density at radius 2 is 2.06 bits per heavy atom. The van der Waals surface area contributed by atoms with E-state index in [-0.39, 0.29) is 0 Å². The summed E-state index contributed by atoms with van der Waals surface area (Å²) in [5.41, 5.74) is 0.560. The van der Waals surface area contributed by atoms with E-state index in [0.717, 1.165) is 6.04 Å². The first-order valence-electron chi connectivity index (χ1n) is 7.34. The van der Waals surface area contributed by atoms with E-state index in [1.165, 1.54) is 45.2 Å². The highest BCUT2D eigenvalue weighted by atomic mass is 15.1. The molecule has 0 radical (unpaired) electrons. The second-order valence-corrected chi connectivity index (χ2v) is 6.84. The lowest BCUT2D eigenvalue weighted by atomic mass is 9.75. The maximum Gasteiger partial charge on any atom is 0.00721 e. The Kier molecular flexibility index (Phi) is 5.94. The van der Waals surface area contributed by atoms with Gasteiger partial charge in [-0.2, -0.15) is 0 Å². The summed E-state index contributed by atoms with van der Waals surface area (Å²) in [7, 11) is 2.22. The zero-order valence-corrected chi connectivity index (χ0v) is 12.6. The van der Waals surface area contributed by atoms with Crippen molar-refractivity contribution in [3.05, 3.63) is 0 Å². The second-order valence-electron chi connectivity index (χ2n) is 6.84. The van der Waals surface area contributed by atoms with Crippen molar-refractivity contribution >= 4 is 0 Å². The van der Waals surface area contributed by atoms with Crippen LogP contribution in [0.4, 0.5) is 0 Å². The predicted octanol–water partition coefficient (Wildman–Crippen LogP) is 3.28. The van der Waals surface area contributed by atoms with Crippen molar-refractivity contribution < 1.29 is 0 Å². The van der Waals surface area contributed by atoms with E-state index in [2.05, 4.69) is 45.0 Å². The lowest BCUT2D eigenvalue weighted by molar-refractivity contribution is 0.195. The summed E-state index contributed by atoms with van der Waals surface area (Å²) in [4.78, 5) is 2.42. The van der Waals surface area contributed by atoms with Crippen LogP contribution in [0.1, 0.15) is 59.8 Å². The van der Waals surface area contributed by atoms with Gasteiger partial charge < -0.3 is 10.2 Å². The Morgan fingerprint density at radius 3 is 2.65 bits per heavy atom. The molecule has 0 aliphatic heterocycles. The third-order valence-corrected chi connectivity index (χ3v) is 4.21. The standard InChI is InChI=1S/C15H32N2/c1-13(2)17(5)11-7-10-16-14-8-6-9-15(3,4)12-14/h13-14,16H,6-12H2,1-5H3. The number of hydrogen-bond acceptors (Lipinski definition) is 2. The van der Waals surface area contributed by atoms with Crippen LogP contribution in [0.3, 0.4) is 0 Å². The molecule has 2 nitrogen and oxygen atoms in total. The number of nitrogens with zero attached hydrogens (tertiary/aromatic N) is 1. The van der Waals surface area contributed by atoms with Crippen molar-refractivity contribution in [3.63, 3.8) is 0 Å².